The van der Waals surface area contributed by atoms with Crippen molar-refractivity contribution in [3.63, 3.8) is 0 Å². The predicted molar refractivity (Wildman–Crippen MR) is 74.8 cm³/mol. The Morgan fingerprint density at radius 2 is 2.06 bits per heavy atom. The van der Waals surface area contributed by atoms with Gasteiger partial charge in [0.2, 0.25) is 5.95 Å². The summed E-state index contributed by atoms with van der Waals surface area (Å²) >= 11 is 0. The van der Waals surface area contributed by atoms with Crippen LogP contribution >= 0.6 is 0 Å². The third-order valence-corrected chi connectivity index (χ3v) is 3.88. The molecular weight excluding hydrogens is 224 g/mol. The SMILES string of the molecule is CC1(CNc2nc3ccccc3[nH]2)CCNCC1. The predicted octanol–water partition coefficient (Wildman–Crippen LogP) is 2.36. The van der Waals surface area contributed by atoms with E-state index in [0.717, 1.165) is 36.6 Å². The van der Waals surface area contributed by atoms with E-state index in [0.29, 0.717) is 5.41 Å². The molecule has 0 unspecified atom stereocenters. The van der Waals surface area contributed by atoms with Crippen LogP contribution in [0.15, 0.2) is 24.3 Å². The molecule has 0 spiro atoms. The number of rotatable bonds is 3. The van der Waals surface area contributed by atoms with Crippen LogP contribution in [0.25, 0.3) is 11.0 Å². The second-order valence-electron chi connectivity index (χ2n) is 5.52. The van der Waals surface area contributed by atoms with E-state index in [1.807, 2.05) is 18.2 Å². The fourth-order valence-corrected chi connectivity index (χ4v) is 2.54. The maximum Gasteiger partial charge on any atom is 0.201 e. The smallest absolute Gasteiger partial charge is 0.201 e. The van der Waals surface area contributed by atoms with Gasteiger partial charge in [0, 0.05) is 6.54 Å². The van der Waals surface area contributed by atoms with Gasteiger partial charge in [-0.25, -0.2) is 4.98 Å². The lowest BCUT2D eigenvalue weighted by Crippen LogP contribution is -2.39. The van der Waals surface area contributed by atoms with E-state index in [9.17, 15) is 0 Å². The fourth-order valence-electron chi connectivity index (χ4n) is 2.54. The van der Waals surface area contributed by atoms with Crippen LogP contribution in [0.1, 0.15) is 19.8 Å². The van der Waals surface area contributed by atoms with Crippen molar-refractivity contribution in [1.29, 1.82) is 0 Å². The van der Waals surface area contributed by atoms with Crippen molar-refractivity contribution in [2.24, 2.45) is 5.41 Å². The lowest BCUT2D eigenvalue weighted by molar-refractivity contribution is 0.247. The van der Waals surface area contributed by atoms with Gasteiger partial charge in [-0.15, -0.1) is 0 Å². The van der Waals surface area contributed by atoms with Crippen molar-refractivity contribution in [2.45, 2.75) is 19.8 Å². The minimum atomic E-state index is 0.379. The minimum absolute atomic E-state index is 0.379. The first-order valence-corrected chi connectivity index (χ1v) is 6.65. The van der Waals surface area contributed by atoms with Crippen molar-refractivity contribution >= 4 is 17.0 Å². The normalized spacial score (nSPS) is 18.9. The Labute approximate surface area is 107 Å². The zero-order chi connectivity index (χ0) is 12.4. The summed E-state index contributed by atoms with van der Waals surface area (Å²) in [5.41, 5.74) is 2.50. The lowest BCUT2D eigenvalue weighted by Gasteiger charge is -2.34. The molecule has 18 heavy (non-hydrogen) atoms. The summed E-state index contributed by atoms with van der Waals surface area (Å²) in [6.07, 6.45) is 2.44. The summed E-state index contributed by atoms with van der Waals surface area (Å²) in [4.78, 5) is 7.86. The highest BCUT2D eigenvalue weighted by atomic mass is 15.1. The van der Waals surface area contributed by atoms with E-state index in [2.05, 4.69) is 33.6 Å². The van der Waals surface area contributed by atoms with Crippen LogP contribution in [0.4, 0.5) is 5.95 Å². The van der Waals surface area contributed by atoms with Crippen LogP contribution in [0.2, 0.25) is 0 Å². The number of aromatic nitrogens is 2. The Kier molecular flexibility index (Phi) is 2.96. The number of aromatic amines is 1. The van der Waals surface area contributed by atoms with Gasteiger partial charge in [-0.05, 0) is 43.5 Å². The molecule has 1 aromatic carbocycles. The molecule has 0 saturated carbocycles. The number of H-pyrrole nitrogens is 1. The van der Waals surface area contributed by atoms with Gasteiger partial charge < -0.3 is 15.6 Å². The van der Waals surface area contributed by atoms with Gasteiger partial charge >= 0.3 is 0 Å². The number of fused-ring (bicyclic) bond motifs is 1. The van der Waals surface area contributed by atoms with Gasteiger partial charge in [0.1, 0.15) is 0 Å². The number of nitrogens with zero attached hydrogens (tertiary/aromatic N) is 1. The fraction of sp³-hybridized carbons (Fsp3) is 0.500. The van der Waals surface area contributed by atoms with Crippen LogP contribution in [0, 0.1) is 5.41 Å². The molecule has 2 heterocycles. The monoisotopic (exact) mass is 244 g/mol. The van der Waals surface area contributed by atoms with Crippen molar-refractivity contribution in [1.82, 2.24) is 15.3 Å². The molecule has 1 saturated heterocycles. The summed E-state index contributed by atoms with van der Waals surface area (Å²) in [7, 11) is 0. The third-order valence-electron chi connectivity index (χ3n) is 3.88. The molecule has 2 aromatic rings. The van der Waals surface area contributed by atoms with Gasteiger partial charge in [0.25, 0.3) is 0 Å². The van der Waals surface area contributed by atoms with E-state index in [1.165, 1.54) is 12.8 Å². The minimum Gasteiger partial charge on any atom is -0.355 e. The summed E-state index contributed by atoms with van der Waals surface area (Å²) in [6, 6.07) is 8.13. The van der Waals surface area contributed by atoms with E-state index in [-0.39, 0.29) is 0 Å². The molecule has 96 valence electrons. The topological polar surface area (TPSA) is 52.7 Å². The van der Waals surface area contributed by atoms with Gasteiger partial charge in [0.05, 0.1) is 11.0 Å². The Morgan fingerprint density at radius 3 is 2.83 bits per heavy atom. The Balaban J connectivity index is 1.69. The van der Waals surface area contributed by atoms with E-state index in [1.54, 1.807) is 0 Å². The molecule has 0 amide bonds. The van der Waals surface area contributed by atoms with Crippen LogP contribution in [-0.2, 0) is 0 Å². The number of para-hydroxylation sites is 2. The Bertz CT molecular complexity index is 492. The maximum atomic E-state index is 4.55. The highest BCUT2D eigenvalue weighted by Crippen LogP contribution is 2.28. The van der Waals surface area contributed by atoms with E-state index >= 15 is 0 Å². The zero-order valence-electron chi connectivity index (χ0n) is 10.8. The lowest BCUT2D eigenvalue weighted by atomic mass is 9.81. The third kappa shape index (κ3) is 2.34. The van der Waals surface area contributed by atoms with Crippen LogP contribution in [-0.4, -0.2) is 29.6 Å². The number of anilines is 1. The second kappa shape index (κ2) is 4.61. The quantitative estimate of drug-likeness (QED) is 0.777. The average Bonchev–Trinajstić information content (AvgIpc) is 2.80. The van der Waals surface area contributed by atoms with Crippen molar-refractivity contribution in [3.05, 3.63) is 24.3 Å². The molecule has 1 aliphatic rings. The first-order valence-electron chi connectivity index (χ1n) is 6.65. The molecule has 4 nitrogen and oxygen atoms in total. The number of benzene rings is 1. The summed E-state index contributed by atoms with van der Waals surface area (Å²) in [5.74, 6) is 0.885. The molecule has 1 aromatic heterocycles. The van der Waals surface area contributed by atoms with Crippen molar-refractivity contribution in [3.8, 4) is 0 Å². The average molecular weight is 244 g/mol. The molecule has 0 aliphatic carbocycles. The van der Waals surface area contributed by atoms with Gasteiger partial charge in [-0.2, -0.15) is 0 Å². The van der Waals surface area contributed by atoms with Gasteiger partial charge in [-0.1, -0.05) is 19.1 Å². The zero-order valence-corrected chi connectivity index (χ0v) is 10.8. The Hall–Kier alpha value is -1.55. The van der Waals surface area contributed by atoms with E-state index in [4.69, 9.17) is 0 Å². The highest BCUT2D eigenvalue weighted by molar-refractivity contribution is 5.77. The molecular formula is C14H20N4. The van der Waals surface area contributed by atoms with Crippen molar-refractivity contribution < 1.29 is 0 Å². The molecule has 0 radical (unpaired) electrons. The van der Waals surface area contributed by atoms with Gasteiger partial charge in [0.15, 0.2) is 0 Å². The van der Waals surface area contributed by atoms with Crippen LogP contribution in [0.5, 0.6) is 0 Å². The number of piperidine rings is 1. The summed E-state index contributed by atoms with van der Waals surface area (Å²) in [5, 5.41) is 6.86. The first-order chi connectivity index (χ1) is 8.75. The van der Waals surface area contributed by atoms with Crippen molar-refractivity contribution in [2.75, 3.05) is 25.0 Å². The molecule has 0 bridgehead atoms. The molecule has 4 heteroatoms. The van der Waals surface area contributed by atoms with Crippen LogP contribution in [0.3, 0.4) is 0 Å². The largest absolute Gasteiger partial charge is 0.355 e. The van der Waals surface area contributed by atoms with Gasteiger partial charge in [-0.3, -0.25) is 0 Å². The number of hydrogen-bond donors (Lipinski definition) is 3. The molecule has 1 aliphatic heterocycles. The first kappa shape index (κ1) is 11.5. The van der Waals surface area contributed by atoms with E-state index < -0.39 is 0 Å². The standard InChI is InChI=1S/C14H20N4/c1-14(6-8-15-9-7-14)10-16-13-17-11-4-2-3-5-12(11)18-13/h2-5,15H,6-10H2,1H3,(H2,16,17,18). The highest BCUT2D eigenvalue weighted by Gasteiger charge is 2.26. The Morgan fingerprint density at radius 1 is 1.28 bits per heavy atom. The number of nitrogens with one attached hydrogen (secondary N) is 3. The molecule has 0 atom stereocenters. The number of imidazole rings is 1. The number of hydrogen-bond acceptors (Lipinski definition) is 3. The summed E-state index contributed by atoms with van der Waals surface area (Å²) in [6.45, 7) is 5.58. The molecule has 1 fully saturated rings. The second-order valence-corrected chi connectivity index (χ2v) is 5.52. The maximum absolute atomic E-state index is 4.55. The molecule has 3 rings (SSSR count). The molecule has 3 N–H and O–H groups in total. The summed E-state index contributed by atoms with van der Waals surface area (Å²) < 4.78 is 0. The van der Waals surface area contributed by atoms with Crippen LogP contribution < -0.4 is 10.6 Å².